The molecular formula is C28H23NO4. The van der Waals surface area contributed by atoms with E-state index < -0.39 is 5.97 Å². The van der Waals surface area contributed by atoms with Gasteiger partial charge in [0.05, 0.1) is 18.4 Å². The first-order valence-corrected chi connectivity index (χ1v) is 10.4. The fourth-order valence-corrected chi connectivity index (χ4v) is 3.36. The number of carbonyl (C=O) groups is 1. The molecule has 0 heterocycles. The number of carboxylic acid groups (broad SMARTS) is 1. The maximum absolute atomic E-state index is 11.1. The van der Waals surface area contributed by atoms with Crippen molar-refractivity contribution in [2.24, 2.45) is 4.99 Å². The molecule has 5 nitrogen and oxygen atoms in total. The normalized spacial score (nSPS) is 10.8. The molecule has 164 valence electrons. The zero-order valence-corrected chi connectivity index (χ0v) is 18.1. The topological polar surface area (TPSA) is 68.1 Å². The van der Waals surface area contributed by atoms with E-state index in [0.29, 0.717) is 11.5 Å². The molecule has 0 aromatic heterocycles. The lowest BCUT2D eigenvalue weighted by molar-refractivity contribution is 0.0696. The molecule has 0 aliphatic heterocycles. The highest BCUT2D eigenvalue weighted by Gasteiger charge is 2.08. The number of aliphatic imine (C=N–C) groups is 1. The molecule has 0 aliphatic rings. The first kappa shape index (κ1) is 21.8. The van der Waals surface area contributed by atoms with Crippen LogP contribution in [0.25, 0.3) is 11.1 Å². The monoisotopic (exact) mass is 437 g/mol. The summed E-state index contributed by atoms with van der Waals surface area (Å²) in [6.45, 7) is 0.235. The number of benzene rings is 4. The zero-order chi connectivity index (χ0) is 23.0. The van der Waals surface area contributed by atoms with Gasteiger partial charge in [0.15, 0.2) is 11.5 Å². The van der Waals surface area contributed by atoms with Gasteiger partial charge < -0.3 is 14.6 Å². The molecule has 33 heavy (non-hydrogen) atoms. The predicted octanol–water partition coefficient (Wildman–Crippen LogP) is 6.39. The Labute approximate surface area is 192 Å². The van der Waals surface area contributed by atoms with Crippen LogP contribution in [0.3, 0.4) is 0 Å². The molecule has 0 fully saturated rings. The van der Waals surface area contributed by atoms with Gasteiger partial charge >= 0.3 is 5.97 Å². The maximum Gasteiger partial charge on any atom is 0.335 e. The van der Waals surface area contributed by atoms with Crippen LogP contribution >= 0.6 is 0 Å². The number of nitrogens with zero attached hydrogens (tertiary/aromatic N) is 1. The van der Waals surface area contributed by atoms with Crippen LogP contribution in [0.15, 0.2) is 102 Å². The Hall–Kier alpha value is -4.38. The van der Waals surface area contributed by atoms with E-state index in [0.717, 1.165) is 22.4 Å². The fraction of sp³-hybridized carbons (Fsp3) is 0.0714. The largest absolute Gasteiger partial charge is 0.493 e. The van der Waals surface area contributed by atoms with Crippen LogP contribution in [0.1, 0.15) is 21.5 Å². The summed E-state index contributed by atoms with van der Waals surface area (Å²) >= 11 is 0. The molecule has 0 saturated heterocycles. The third kappa shape index (κ3) is 5.66. The highest BCUT2D eigenvalue weighted by molar-refractivity contribution is 5.87. The van der Waals surface area contributed by atoms with Crippen LogP contribution < -0.4 is 9.47 Å². The molecule has 0 aliphatic carbocycles. The third-order valence-corrected chi connectivity index (χ3v) is 5.09. The molecule has 0 atom stereocenters. The average molecular weight is 437 g/mol. The van der Waals surface area contributed by atoms with Gasteiger partial charge in [-0.05, 0) is 64.7 Å². The lowest BCUT2D eigenvalue weighted by Gasteiger charge is -2.11. The van der Waals surface area contributed by atoms with E-state index in [4.69, 9.17) is 14.6 Å². The second-order valence-corrected chi connectivity index (χ2v) is 7.38. The van der Waals surface area contributed by atoms with Crippen molar-refractivity contribution >= 4 is 17.9 Å². The number of aromatic carboxylic acids is 1. The molecule has 4 rings (SSSR count). The van der Waals surface area contributed by atoms with Crippen LogP contribution in [-0.2, 0) is 6.61 Å². The van der Waals surface area contributed by atoms with Crippen molar-refractivity contribution in [3.63, 3.8) is 0 Å². The molecule has 0 saturated carbocycles. The number of rotatable bonds is 8. The van der Waals surface area contributed by atoms with Gasteiger partial charge in [0.2, 0.25) is 0 Å². The minimum absolute atomic E-state index is 0.228. The van der Waals surface area contributed by atoms with Gasteiger partial charge in [0.25, 0.3) is 0 Å². The highest BCUT2D eigenvalue weighted by atomic mass is 16.5. The number of hydrogen-bond acceptors (Lipinski definition) is 4. The molecule has 0 unspecified atom stereocenters. The van der Waals surface area contributed by atoms with Gasteiger partial charge in [-0.15, -0.1) is 0 Å². The van der Waals surface area contributed by atoms with Crippen molar-refractivity contribution in [1.82, 2.24) is 0 Å². The van der Waals surface area contributed by atoms with Crippen molar-refractivity contribution in [1.29, 1.82) is 0 Å². The first-order valence-electron chi connectivity index (χ1n) is 10.4. The summed E-state index contributed by atoms with van der Waals surface area (Å²) in [7, 11) is 1.58. The summed E-state index contributed by atoms with van der Waals surface area (Å²) in [6, 6.07) is 30.5. The number of methoxy groups -OCH3 is 1. The molecular weight excluding hydrogens is 414 g/mol. The van der Waals surface area contributed by atoms with Gasteiger partial charge in [-0.2, -0.15) is 0 Å². The van der Waals surface area contributed by atoms with Crippen LogP contribution in [0.5, 0.6) is 11.5 Å². The van der Waals surface area contributed by atoms with Gasteiger partial charge in [0, 0.05) is 6.21 Å². The Morgan fingerprint density at radius 2 is 1.61 bits per heavy atom. The molecule has 0 amide bonds. The van der Waals surface area contributed by atoms with Crippen molar-refractivity contribution in [2.45, 2.75) is 6.61 Å². The van der Waals surface area contributed by atoms with Crippen molar-refractivity contribution in [3.8, 4) is 22.6 Å². The van der Waals surface area contributed by atoms with Crippen molar-refractivity contribution in [3.05, 3.63) is 114 Å². The zero-order valence-electron chi connectivity index (χ0n) is 18.1. The predicted molar refractivity (Wildman–Crippen MR) is 130 cm³/mol. The second-order valence-electron chi connectivity index (χ2n) is 7.38. The maximum atomic E-state index is 11.1. The number of ether oxygens (including phenoxy) is 2. The summed E-state index contributed by atoms with van der Waals surface area (Å²) in [5, 5.41) is 9.13. The van der Waals surface area contributed by atoms with Gasteiger partial charge in [-0.1, -0.05) is 54.6 Å². The van der Waals surface area contributed by atoms with Gasteiger partial charge in [-0.3, -0.25) is 4.99 Å². The second kappa shape index (κ2) is 10.3. The molecule has 0 spiro atoms. The van der Waals surface area contributed by atoms with E-state index in [-0.39, 0.29) is 12.2 Å². The lowest BCUT2D eigenvalue weighted by atomic mass is 10.1. The van der Waals surface area contributed by atoms with E-state index in [1.54, 1.807) is 31.5 Å². The minimum atomic E-state index is -0.965. The molecule has 4 aromatic rings. The number of carboxylic acids is 1. The van der Waals surface area contributed by atoms with Gasteiger partial charge in [-0.25, -0.2) is 4.79 Å². The molecule has 5 heteroatoms. The standard InChI is InChI=1S/C28H23NO4/c1-32-27-17-20(10-15-26(27)33-19-21-6-5-9-24(16-21)28(30)31)18-29-25-13-11-23(12-14-25)22-7-3-2-4-8-22/h2-18H,19H2,1H3,(H,30,31). The van der Waals surface area contributed by atoms with E-state index in [9.17, 15) is 4.79 Å². The quantitative estimate of drug-likeness (QED) is 0.324. The summed E-state index contributed by atoms with van der Waals surface area (Å²) in [5.41, 5.74) is 5.04. The van der Waals surface area contributed by atoms with Crippen LogP contribution in [0.2, 0.25) is 0 Å². The molecule has 4 aromatic carbocycles. The Bertz CT molecular complexity index is 1260. The van der Waals surface area contributed by atoms with E-state index in [1.165, 1.54) is 5.56 Å². The Balaban J connectivity index is 1.43. The summed E-state index contributed by atoms with van der Waals surface area (Å²) < 4.78 is 11.3. The van der Waals surface area contributed by atoms with Crippen molar-refractivity contribution < 1.29 is 19.4 Å². The van der Waals surface area contributed by atoms with Crippen LogP contribution in [0, 0.1) is 0 Å². The molecule has 1 N–H and O–H groups in total. The fourth-order valence-electron chi connectivity index (χ4n) is 3.36. The smallest absolute Gasteiger partial charge is 0.335 e. The molecule has 0 bridgehead atoms. The summed E-state index contributed by atoms with van der Waals surface area (Å²) in [6.07, 6.45) is 1.78. The Morgan fingerprint density at radius 1 is 0.848 bits per heavy atom. The van der Waals surface area contributed by atoms with E-state index >= 15 is 0 Å². The minimum Gasteiger partial charge on any atom is -0.493 e. The lowest BCUT2D eigenvalue weighted by Crippen LogP contribution is -2.01. The molecule has 0 radical (unpaired) electrons. The Kier molecular flexibility index (Phi) is 6.81. The van der Waals surface area contributed by atoms with E-state index in [2.05, 4.69) is 29.3 Å². The van der Waals surface area contributed by atoms with Crippen molar-refractivity contribution in [2.75, 3.05) is 7.11 Å². The summed E-state index contributed by atoms with van der Waals surface area (Å²) in [5.74, 6) is 0.183. The third-order valence-electron chi connectivity index (χ3n) is 5.09. The average Bonchev–Trinajstić information content (AvgIpc) is 2.87. The SMILES string of the molecule is COc1cc(C=Nc2ccc(-c3ccccc3)cc2)ccc1OCc1cccc(C(=O)O)c1. The Morgan fingerprint density at radius 3 is 2.33 bits per heavy atom. The first-order chi connectivity index (χ1) is 16.1. The van der Waals surface area contributed by atoms with Crippen LogP contribution in [-0.4, -0.2) is 24.4 Å². The summed E-state index contributed by atoms with van der Waals surface area (Å²) in [4.78, 5) is 15.7. The van der Waals surface area contributed by atoms with Crippen LogP contribution in [0.4, 0.5) is 5.69 Å². The van der Waals surface area contributed by atoms with Gasteiger partial charge in [0.1, 0.15) is 6.61 Å². The highest BCUT2D eigenvalue weighted by Crippen LogP contribution is 2.29. The number of hydrogen-bond donors (Lipinski definition) is 1. The van der Waals surface area contributed by atoms with E-state index in [1.807, 2.05) is 54.6 Å².